The molecule has 0 radical (unpaired) electrons. The van der Waals surface area contributed by atoms with Crippen molar-refractivity contribution in [2.45, 2.75) is 33.0 Å². The van der Waals surface area contributed by atoms with Crippen LogP contribution in [0.1, 0.15) is 40.3 Å². The lowest BCUT2D eigenvalue weighted by molar-refractivity contribution is 0.0776. The maximum Gasteiger partial charge on any atom is 0.254 e. The Bertz CT molecular complexity index is 1210. The van der Waals surface area contributed by atoms with E-state index in [-0.39, 0.29) is 53.3 Å². The van der Waals surface area contributed by atoms with Crippen molar-refractivity contribution < 1.29 is 19.0 Å². The molecule has 168 valence electrons. The van der Waals surface area contributed by atoms with Crippen molar-refractivity contribution in [2.24, 2.45) is 0 Å². The first-order valence-corrected chi connectivity index (χ1v) is 10.4. The quantitative estimate of drug-likeness (QED) is 0.608. The topological polar surface area (TPSA) is 106 Å². The molecule has 3 N–H and O–H groups in total. The van der Waals surface area contributed by atoms with Crippen LogP contribution < -0.4 is 10.5 Å². The number of fused-ring (bicyclic) bond motifs is 5. The summed E-state index contributed by atoms with van der Waals surface area (Å²) in [6, 6.07) is 5.97. The molecule has 0 aliphatic carbocycles. The van der Waals surface area contributed by atoms with Crippen LogP contribution in [0.3, 0.4) is 0 Å². The number of aromatic nitrogens is 3. The van der Waals surface area contributed by atoms with Gasteiger partial charge in [0.15, 0.2) is 0 Å². The normalized spacial score (nSPS) is 16.0. The SMILES string of the molecule is Cc1nn(CCO)c2c1-c1ccc(N)c(n1)O[C@H](C)c1c(ccc(F)c1Cl)C(=O)N(C)C2. The molecule has 1 aliphatic heterocycles. The first kappa shape index (κ1) is 22.0. The summed E-state index contributed by atoms with van der Waals surface area (Å²) in [5, 5.41) is 13.8. The minimum Gasteiger partial charge on any atom is -0.468 e. The number of hydrogen-bond donors (Lipinski definition) is 2. The first-order chi connectivity index (χ1) is 15.2. The van der Waals surface area contributed by atoms with Gasteiger partial charge in [-0.1, -0.05) is 11.6 Å². The second-order valence-corrected chi connectivity index (χ2v) is 8.07. The molecule has 10 heteroatoms. The number of carbonyl (C=O) groups is 1. The lowest BCUT2D eigenvalue weighted by Gasteiger charge is -2.25. The number of rotatable bonds is 2. The Kier molecular flexibility index (Phi) is 5.79. The molecular weight excluding hydrogens is 437 g/mol. The summed E-state index contributed by atoms with van der Waals surface area (Å²) < 4.78 is 21.9. The number of nitrogens with zero attached hydrogens (tertiary/aromatic N) is 4. The van der Waals surface area contributed by atoms with Crippen molar-refractivity contribution in [1.29, 1.82) is 0 Å². The van der Waals surface area contributed by atoms with Gasteiger partial charge in [0.1, 0.15) is 11.9 Å². The molecule has 4 rings (SSSR count). The van der Waals surface area contributed by atoms with Crippen LogP contribution in [-0.4, -0.2) is 44.3 Å². The number of nitrogens with two attached hydrogens (primary N) is 1. The van der Waals surface area contributed by atoms with E-state index in [1.165, 1.54) is 11.0 Å². The van der Waals surface area contributed by atoms with Crippen LogP contribution in [0.2, 0.25) is 5.02 Å². The highest BCUT2D eigenvalue weighted by Crippen LogP contribution is 2.37. The zero-order chi connectivity index (χ0) is 23.2. The van der Waals surface area contributed by atoms with Crippen molar-refractivity contribution in [1.82, 2.24) is 19.7 Å². The smallest absolute Gasteiger partial charge is 0.254 e. The van der Waals surface area contributed by atoms with Gasteiger partial charge in [-0.2, -0.15) is 5.10 Å². The van der Waals surface area contributed by atoms with Gasteiger partial charge >= 0.3 is 0 Å². The van der Waals surface area contributed by atoms with Crippen LogP contribution >= 0.6 is 11.6 Å². The molecule has 0 fully saturated rings. The Morgan fingerprint density at radius 3 is 2.81 bits per heavy atom. The number of pyridine rings is 1. The molecule has 1 atom stereocenters. The highest BCUT2D eigenvalue weighted by molar-refractivity contribution is 6.32. The second-order valence-electron chi connectivity index (χ2n) is 7.69. The van der Waals surface area contributed by atoms with Gasteiger partial charge in [0.2, 0.25) is 5.88 Å². The standard InChI is InChI=1S/C22H23ClFN5O3/c1-11-18-16-7-6-15(25)21(26-16)32-12(2)19-13(4-5-14(24)20(19)23)22(31)28(3)10-17(18)29(27-11)8-9-30/h4-7,12,30H,8-10,25H2,1-3H3/t12-/m1/s1. The number of ether oxygens (including phenoxy) is 1. The summed E-state index contributed by atoms with van der Waals surface area (Å²) >= 11 is 6.27. The van der Waals surface area contributed by atoms with Crippen LogP contribution in [0.25, 0.3) is 11.3 Å². The van der Waals surface area contributed by atoms with Crippen LogP contribution in [0.5, 0.6) is 5.88 Å². The molecule has 2 aromatic heterocycles. The minimum absolute atomic E-state index is 0.121. The van der Waals surface area contributed by atoms with E-state index in [1.807, 2.05) is 6.92 Å². The first-order valence-electron chi connectivity index (χ1n) is 10.1. The predicted molar refractivity (Wildman–Crippen MR) is 118 cm³/mol. The molecule has 1 aliphatic rings. The molecule has 1 aromatic carbocycles. The van der Waals surface area contributed by atoms with Crippen molar-refractivity contribution in [2.75, 3.05) is 19.4 Å². The van der Waals surface area contributed by atoms with Crippen LogP contribution in [-0.2, 0) is 13.1 Å². The predicted octanol–water partition coefficient (Wildman–Crippen LogP) is 3.35. The molecule has 2 bridgehead atoms. The Labute approximate surface area is 189 Å². The molecule has 8 nitrogen and oxygen atoms in total. The lowest BCUT2D eigenvalue weighted by atomic mass is 10.0. The van der Waals surface area contributed by atoms with E-state index in [2.05, 4.69) is 10.1 Å². The van der Waals surface area contributed by atoms with Crippen molar-refractivity contribution in [3.8, 4) is 17.1 Å². The summed E-state index contributed by atoms with van der Waals surface area (Å²) in [6.45, 7) is 3.80. The molecule has 0 unspecified atom stereocenters. The number of carbonyl (C=O) groups excluding carboxylic acids is 1. The van der Waals surface area contributed by atoms with Crippen molar-refractivity contribution in [3.05, 3.63) is 57.6 Å². The van der Waals surface area contributed by atoms with Crippen LogP contribution in [0, 0.1) is 12.7 Å². The van der Waals surface area contributed by atoms with E-state index in [1.54, 1.807) is 30.8 Å². The van der Waals surface area contributed by atoms with Gasteiger partial charge in [-0.25, -0.2) is 9.37 Å². The maximum atomic E-state index is 14.3. The Hall–Kier alpha value is -3.17. The number of aliphatic hydroxyl groups is 1. The van der Waals surface area contributed by atoms with Crippen LogP contribution in [0.4, 0.5) is 10.1 Å². The number of anilines is 1. The molecule has 3 heterocycles. The largest absolute Gasteiger partial charge is 0.468 e. The van der Waals surface area contributed by atoms with Crippen molar-refractivity contribution in [3.63, 3.8) is 0 Å². The summed E-state index contributed by atoms with van der Waals surface area (Å²) in [4.78, 5) is 19.5. The summed E-state index contributed by atoms with van der Waals surface area (Å²) in [5.41, 5.74) is 9.50. The molecule has 0 saturated carbocycles. The lowest BCUT2D eigenvalue weighted by Crippen LogP contribution is -2.30. The van der Waals surface area contributed by atoms with E-state index in [0.29, 0.717) is 17.1 Å². The fourth-order valence-electron chi connectivity index (χ4n) is 3.97. The number of nitrogen functional groups attached to an aromatic ring is 1. The number of aryl methyl sites for hydroxylation is 1. The Morgan fingerprint density at radius 1 is 1.34 bits per heavy atom. The van der Waals surface area contributed by atoms with E-state index in [9.17, 15) is 14.3 Å². The fraction of sp³-hybridized carbons (Fsp3) is 0.318. The zero-order valence-electron chi connectivity index (χ0n) is 17.9. The minimum atomic E-state index is -0.798. The third-order valence-electron chi connectivity index (χ3n) is 5.48. The van der Waals surface area contributed by atoms with Gasteiger partial charge in [-0.05, 0) is 38.1 Å². The van der Waals surface area contributed by atoms with Gasteiger partial charge in [-0.15, -0.1) is 0 Å². The summed E-state index contributed by atoms with van der Waals surface area (Å²) in [6.07, 6.45) is -0.798. The number of aliphatic hydroxyl groups excluding tert-OH is 1. The molecule has 32 heavy (non-hydrogen) atoms. The van der Waals surface area contributed by atoms with Gasteiger partial charge in [0.25, 0.3) is 5.91 Å². The average molecular weight is 460 g/mol. The highest BCUT2D eigenvalue weighted by Gasteiger charge is 2.29. The monoisotopic (exact) mass is 459 g/mol. The van der Waals surface area contributed by atoms with Gasteiger partial charge < -0.3 is 20.5 Å². The third kappa shape index (κ3) is 3.67. The average Bonchev–Trinajstić information content (AvgIpc) is 3.05. The molecule has 0 spiro atoms. The molecule has 1 amide bonds. The maximum absolute atomic E-state index is 14.3. The number of hydrogen-bond acceptors (Lipinski definition) is 6. The van der Waals surface area contributed by atoms with Gasteiger partial charge in [0.05, 0.1) is 47.5 Å². The highest BCUT2D eigenvalue weighted by atomic mass is 35.5. The van der Waals surface area contributed by atoms with Gasteiger partial charge in [0, 0.05) is 23.7 Å². The van der Waals surface area contributed by atoms with Crippen LogP contribution in [0.15, 0.2) is 24.3 Å². The Morgan fingerprint density at radius 2 is 2.09 bits per heavy atom. The second kappa shape index (κ2) is 8.40. The van der Waals surface area contributed by atoms with E-state index in [0.717, 1.165) is 11.6 Å². The number of benzene rings is 1. The fourth-order valence-corrected chi connectivity index (χ4v) is 4.28. The van der Waals surface area contributed by atoms with E-state index >= 15 is 0 Å². The summed E-state index contributed by atoms with van der Waals surface area (Å²) in [5.74, 6) is -0.872. The molecule has 0 saturated heterocycles. The van der Waals surface area contributed by atoms with Crippen molar-refractivity contribution >= 4 is 23.2 Å². The molecular formula is C22H23ClFN5O3. The number of halogens is 2. The zero-order valence-corrected chi connectivity index (χ0v) is 18.6. The Balaban J connectivity index is 1.99. The number of amides is 1. The summed E-state index contributed by atoms with van der Waals surface area (Å²) in [7, 11) is 1.64. The van der Waals surface area contributed by atoms with Gasteiger partial charge in [-0.3, -0.25) is 9.48 Å². The molecule has 3 aromatic rings. The van der Waals surface area contributed by atoms with E-state index in [4.69, 9.17) is 22.1 Å². The third-order valence-corrected chi connectivity index (χ3v) is 5.87. The van der Waals surface area contributed by atoms with E-state index < -0.39 is 11.9 Å².